The van der Waals surface area contributed by atoms with Gasteiger partial charge in [0.2, 0.25) is 0 Å². The van der Waals surface area contributed by atoms with Crippen LogP contribution in [0.1, 0.15) is 25.5 Å². The molecule has 4 nitrogen and oxygen atoms in total. The summed E-state index contributed by atoms with van der Waals surface area (Å²) in [5, 5.41) is 2.94. The van der Waals surface area contributed by atoms with Crippen LogP contribution in [0, 0.1) is 5.82 Å². The average molecular weight is 289 g/mol. The van der Waals surface area contributed by atoms with Crippen LogP contribution in [0.25, 0.3) is 0 Å². The number of methoxy groups -OCH3 is 1. The molecule has 19 heavy (non-hydrogen) atoms. The Kier molecular flexibility index (Phi) is 4.58. The number of nitrogens with one attached hydrogen (secondary N) is 1. The Morgan fingerprint density at radius 1 is 1.37 bits per heavy atom. The molecule has 0 aromatic heterocycles. The maximum Gasteiger partial charge on any atom is 0.165 e. The quantitative estimate of drug-likeness (QED) is 0.900. The zero-order chi connectivity index (χ0) is 14.8. The van der Waals surface area contributed by atoms with Crippen molar-refractivity contribution in [1.82, 2.24) is 5.32 Å². The third-order valence-corrected chi connectivity index (χ3v) is 5.60. The minimum absolute atomic E-state index is 0.135. The number of sulfone groups is 1. The predicted molar refractivity (Wildman–Crippen MR) is 73.7 cm³/mol. The summed E-state index contributed by atoms with van der Waals surface area (Å²) < 4.78 is 41.3. The lowest BCUT2D eigenvalue weighted by atomic mass is 9.95. The van der Waals surface area contributed by atoms with E-state index in [0.29, 0.717) is 5.56 Å². The largest absolute Gasteiger partial charge is 0.494 e. The molecule has 0 bridgehead atoms. The van der Waals surface area contributed by atoms with Gasteiger partial charge in [0, 0.05) is 6.26 Å². The molecule has 0 heterocycles. The molecule has 6 heteroatoms. The van der Waals surface area contributed by atoms with Crippen LogP contribution in [0.15, 0.2) is 18.2 Å². The lowest BCUT2D eigenvalue weighted by Gasteiger charge is -2.32. The minimum Gasteiger partial charge on any atom is -0.494 e. The number of ether oxygens (including phenoxy) is 1. The van der Waals surface area contributed by atoms with Crippen molar-refractivity contribution in [2.75, 3.05) is 20.4 Å². The van der Waals surface area contributed by atoms with E-state index in [0.717, 1.165) is 0 Å². The van der Waals surface area contributed by atoms with Gasteiger partial charge >= 0.3 is 0 Å². The second kappa shape index (κ2) is 5.46. The molecule has 108 valence electrons. The van der Waals surface area contributed by atoms with Crippen LogP contribution in [0.3, 0.4) is 0 Å². The normalized spacial score (nSPS) is 14.2. The first-order valence-corrected chi connectivity index (χ1v) is 7.74. The highest BCUT2D eigenvalue weighted by molar-refractivity contribution is 7.92. The summed E-state index contributed by atoms with van der Waals surface area (Å²) in [4.78, 5) is 0. The molecule has 0 saturated carbocycles. The Hall–Kier alpha value is -1.14. The summed E-state index contributed by atoms with van der Waals surface area (Å²) in [6, 6.07) is 3.94. The third kappa shape index (κ3) is 3.06. The second-order valence-electron chi connectivity index (χ2n) is 4.99. The molecule has 0 fully saturated rings. The molecule has 1 aromatic carbocycles. The van der Waals surface area contributed by atoms with Gasteiger partial charge in [-0.05, 0) is 38.6 Å². The summed E-state index contributed by atoms with van der Waals surface area (Å²) in [5.74, 6) is -0.375. The maximum absolute atomic E-state index is 13.7. The summed E-state index contributed by atoms with van der Waals surface area (Å²) in [6.45, 7) is 3.23. The van der Waals surface area contributed by atoms with Crippen LogP contribution in [-0.4, -0.2) is 33.6 Å². The van der Waals surface area contributed by atoms with E-state index >= 15 is 0 Å². The zero-order valence-electron chi connectivity index (χ0n) is 11.8. The Labute approximate surface area is 113 Å². The molecule has 1 atom stereocenters. The zero-order valence-corrected chi connectivity index (χ0v) is 12.6. The van der Waals surface area contributed by atoms with Crippen LogP contribution < -0.4 is 10.1 Å². The van der Waals surface area contributed by atoms with E-state index in [-0.39, 0.29) is 5.75 Å². The van der Waals surface area contributed by atoms with Crippen LogP contribution >= 0.6 is 0 Å². The predicted octanol–water partition coefficient (Wildman–Crippen LogP) is 1.92. The van der Waals surface area contributed by atoms with Gasteiger partial charge in [-0.1, -0.05) is 6.07 Å². The summed E-state index contributed by atoms with van der Waals surface area (Å²) >= 11 is 0. The maximum atomic E-state index is 13.7. The van der Waals surface area contributed by atoms with E-state index in [1.807, 2.05) is 0 Å². The van der Waals surface area contributed by atoms with Gasteiger partial charge < -0.3 is 10.1 Å². The molecule has 1 aromatic rings. The summed E-state index contributed by atoms with van der Waals surface area (Å²) in [6.07, 6.45) is 1.18. The molecule has 0 aliphatic rings. The van der Waals surface area contributed by atoms with E-state index in [2.05, 4.69) is 5.32 Å². The van der Waals surface area contributed by atoms with E-state index in [4.69, 9.17) is 4.74 Å². The molecule has 0 spiro atoms. The highest BCUT2D eigenvalue weighted by atomic mass is 32.2. The number of benzene rings is 1. The van der Waals surface area contributed by atoms with Crippen molar-refractivity contribution in [2.24, 2.45) is 0 Å². The molecular formula is C13H20FNO3S. The third-order valence-electron chi connectivity index (χ3n) is 3.45. The Morgan fingerprint density at radius 3 is 2.32 bits per heavy atom. The van der Waals surface area contributed by atoms with Crippen molar-refractivity contribution in [1.29, 1.82) is 0 Å². The lowest BCUT2D eigenvalue weighted by molar-refractivity contribution is 0.384. The number of halogens is 1. The Balaban J connectivity index is 3.29. The Morgan fingerprint density at radius 2 is 1.95 bits per heavy atom. The molecular weight excluding hydrogens is 269 g/mol. The number of hydrogen-bond donors (Lipinski definition) is 1. The molecule has 1 rings (SSSR count). The van der Waals surface area contributed by atoms with Crippen LogP contribution in [0.2, 0.25) is 0 Å². The van der Waals surface area contributed by atoms with Gasteiger partial charge in [-0.2, -0.15) is 0 Å². The van der Waals surface area contributed by atoms with Gasteiger partial charge in [0.05, 0.1) is 17.9 Å². The highest BCUT2D eigenvalue weighted by Gasteiger charge is 2.39. The highest BCUT2D eigenvalue weighted by Crippen LogP contribution is 2.33. The van der Waals surface area contributed by atoms with Crippen LogP contribution in [-0.2, 0) is 9.84 Å². The fraction of sp³-hybridized carbons (Fsp3) is 0.538. The van der Waals surface area contributed by atoms with Gasteiger partial charge in [0.15, 0.2) is 21.4 Å². The fourth-order valence-electron chi connectivity index (χ4n) is 1.99. The smallest absolute Gasteiger partial charge is 0.165 e. The molecule has 1 unspecified atom stereocenters. The van der Waals surface area contributed by atoms with Crippen molar-refractivity contribution >= 4 is 9.84 Å². The van der Waals surface area contributed by atoms with Crippen molar-refractivity contribution < 1.29 is 17.5 Å². The van der Waals surface area contributed by atoms with Crippen LogP contribution in [0.5, 0.6) is 5.75 Å². The van der Waals surface area contributed by atoms with E-state index in [1.54, 1.807) is 27.0 Å². The lowest BCUT2D eigenvalue weighted by Crippen LogP contribution is -2.43. The monoisotopic (exact) mass is 289 g/mol. The van der Waals surface area contributed by atoms with Gasteiger partial charge in [-0.25, -0.2) is 12.8 Å². The van der Waals surface area contributed by atoms with Gasteiger partial charge in [-0.15, -0.1) is 0 Å². The molecule has 0 aliphatic carbocycles. The minimum atomic E-state index is -3.31. The van der Waals surface area contributed by atoms with E-state index in [1.165, 1.54) is 25.5 Å². The van der Waals surface area contributed by atoms with E-state index in [9.17, 15) is 12.8 Å². The summed E-state index contributed by atoms with van der Waals surface area (Å²) in [5.41, 5.74) is 0.566. The van der Waals surface area contributed by atoms with Crippen molar-refractivity contribution in [3.63, 3.8) is 0 Å². The van der Waals surface area contributed by atoms with Gasteiger partial charge in [-0.3, -0.25) is 0 Å². The average Bonchev–Trinajstić information content (AvgIpc) is 2.28. The standard InChI is InChI=1S/C13H20FNO3S/c1-13(2,19(5,16)17)12(15-3)9-6-7-11(18-4)10(14)8-9/h6-8,12,15H,1-5H3. The van der Waals surface area contributed by atoms with Crippen molar-refractivity contribution in [2.45, 2.75) is 24.6 Å². The Bertz CT molecular complexity index is 555. The molecule has 0 saturated heterocycles. The van der Waals surface area contributed by atoms with Gasteiger partial charge in [0.25, 0.3) is 0 Å². The van der Waals surface area contributed by atoms with E-state index < -0.39 is 26.4 Å². The molecule has 0 radical (unpaired) electrons. The van der Waals surface area contributed by atoms with Crippen molar-refractivity contribution in [3.05, 3.63) is 29.6 Å². The van der Waals surface area contributed by atoms with Crippen LogP contribution in [0.4, 0.5) is 4.39 Å². The topological polar surface area (TPSA) is 55.4 Å². The number of hydrogen-bond acceptors (Lipinski definition) is 4. The summed E-state index contributed by atoms with van der Waals surface area (Å²) in [7, 11) is -0.271. The number of rotatable bonds is 5. The first-order valence-electron chi connectivity index (χ1n) is 5.85. The van der Waals surface area contributed by atoms with Crippen molar-refractivity contribution in [3.8, 4) is 5.75 Å². The molecule has 0 aliphatic heterocycles. The second-order valence-corrected chi connectivity index (χ2v) is 7.59. The fourth-order valence-corrected chi connectivity index (χ4v) is 2.67. The first kappa shape index (κ1) is 15.9. The SMILES string of the molecule is CNC(c1ccc(OC)c(F)c1)C(C)(C)S(C)(=O)=O. The molecule has 1 N–H and O–H groups in total. The first-order chi connectivity index (χ1) is 8.65. The van der Waals surface area contributed by atoms with Gasteiger partial charge in [0.1, 0.15) is 0 Å². The molecule has 0 amide bonds.